The molecule has 0 aliphatic heterocycles. The van der Waals surface area contributed by atoms with Crippen molar-refractivity contribution in [2.75, 3.05) is 0 Å². The lowest BCUT2D eigenvalue weighted by Gasteiger charge is -2.04. The normalized spacial score (nSPS) is 10.4. The van der Waals surface area contributed by atoms with Crippen molar-refractivity contribution in [1.29, 1.82) is 0 Å². The maximum Gasteiger partial charge on any atom is 0.0681 e. The molecule has 0 saturated heterocycles. The summed E-state index contributed by atoms with van der Waals surface area (Å²) in [7, 11) is 0. The maximum absolute atomic E-state index is 8.96. The minimum Gasteiger partial charge on any atom is -0.392 e. The number of aliphatic hydroxyl groups is 1. The second kappa shape index (κ2) is 4.92. The van der Waals surface area contributed by atoms with Gasteiger partial charge in [-0.25, -0.2) is 0 Å². The minimum absolute atomic E-state index is 0.0864. The monoisotopic (exact) mass is 213 g/mol. The van der Waals surface area contributed by atoms with Gasteiger partial charge in [-0.2, -0.15) is 0 Å². The van der Waals surface area contributed by atoms with E-state index in [9.17, 15) is 0 Å². The molecule has 0 bridgehead atoms. The molecule has 2 aromatic carbocycles. The van der Waals surface area contributed by atoms with Gasteiger partial charge in [0.05, 0.1) is 6.61 Å². The summed E-state index contributed by atoms with van der Waals surface area (Å²) in [5, 5.41) is 8.96. The Morgan fingerprint density at radius 1 is 0.875 bits per heavy atom. The lowest BCUT2D eigenvalue weighted by atomic mass is 10.0. The van der Waals surface area contributed by atoms with Crippen LogP contribution in [0.3, 0.4) is 0 Å². The summed E-state index contributed by atoms with van der Waals surface area (Å²) in [6.45, 7) is 0.645. The van der Waals surface area contributed by atoms with Crippen molar-refractivity contribution in [3.8, 4) is 11.1 Å². The third-order valence-corrected chi connectivity index (χ3v) is 2.63. The van der Waals surface area contributed by atoms with E-state index in [2.05, 4.69) is 12.1 Å². The van der Waals surface area contributed by atoms with Crippen LogP contribution in [0.25, 0.3) is 11.1 Å². The standard InChI is InChI=1S/C14H15NO/c15-9-12-2-1-3-14(8-12)13-6-4-11(10-16)5-7-13/h1-8,16H,9-10,15H2. The summed E-state index contributed by atoms with van der Waals surface area (Å²) in [4.78, 5) is 0. The maximum atomic E-state index is 8.96. The molecule has 2 heteroatoms. The van der Waals surface area contributed by atoms with E-state index in [0.29, 0.717) is 6.54 Å². The zero-order valence-corrected chi connectivity index (χ0v) is 9.06. The zero-order chi connectivity index (χ0) is 11.4. The van der Waals surface area contributed by atoms with Gasteiger partial charge in [0.2, 0.25) is 0 Å². The molecule has 0 heterocycles. The molecule has 0 atom stereocenters. The number of rotatable bonds is 3. The quantitative estimate of drug-likeness (QED) is 0.821. The summed E-state index contributed by atoms with van der Waals surface area (Å²) in [6, 6.07) is 16.1. The van der Waals surface area contributed by atoms with Crippen LogP contribution in [-0.4, -0.2) is 5.11 Å². The summed E-state index contributed by atoms with van der Waals surface area (Å²) in [5.74, 6) is 0. The van der Waals surface area contributed by atoms with Gasteiger partial charge in [0, 0.05) is 6.54 Å². The third-order valence-electron chi connectivity index (χ3n) is 2.63. The molecule has 2 nitrogen and oxygen atoms in total. The molecule has 0 spiro atoms. The first-order valence-corrected chi connectivity index (χ1v) is 5.32. The second-order valence-corrected chi connectivity index (χ2v) is 3.76. The Balaban J connectivity index is 2.34. The van der Waals surface area contributed by atoms with Crippen molar-refractivity contribution in [3.63, 3.8) is 0 Å². The third kappa shape index (κ3) is 2.30. The van der Waals surface area contributed by atoms with Crippen molar-refractivity contribution in [2.24, 2.45) is 5.73 Å². The van der Waals surface area contributed by atoms with E-state index in [1.807, 2.05) is 36.4 Å². The zero-order valence-electron chi connectivity index (χ0n) is 9.06. The van der Waals surface area contributed by atoms with E-state index in [1.54, 1.807) is 0 Å². The smallest absolute Gasteiger partial charge is 0.0681 e. The Morgan fingerprint density at radius 2 is 1.62 bits per heavy atom. The molecule has 0 amide bonds. The molecule has 0 unspecified atom stereocenters. The molecule has 0 aromatic heterocycles. The molecule has 2 rings (SSSR count). The molecule has 16 heavy (non-hydrogen) atoms. The van der Waals surface area contributed by atoms with E-state index in [0.717, 1.165) is 22.3 Å². The largest absolute Gasteiger partial charge is 0.392 e. The summed E-state index contributed by atoms with van der Waals surface area (Å²) < 4.78 is 0. The number of nitrogens with two attached hydrogens (primary N) is 1. The Bertz CT molecular complexity index is 462. The molecule has 2 aromatic rings. The van der Waals surface area contributed by atoms with Gasteiger partial charge in [0.1, 0.15) is 0 Å². The van der Waals surface area contributed by atoms with Crippen molar-refractivity contribution >= 4 is 0 Å². The molecule has 0 aliphatic carbocycles. The van der Waals surface area contributed by atoms with Crippen LogP contribution in [0.15, 0.2) is 48.5 Å². The average Bonchev–Trinajstić information content (AvgIpc) is 2.39. The van der Waals surface area contributed by atoms with Crippen molar-refractivity contribution in [2.45, 2.75) is 13.2 Å². The van der Waals surface area contributed by atoms with E-state index in [4.69, 9.17) is 10.8 Å². The molecule has 0 aliphatic rings. The number of aliphatic hydroxyl groups excluding tert-OH is 1. The topological polar surface area (TPSA) is 46.2 Å². The summed E-state index contributed by atoms with van der Waals surface area (Å²) >= 11 is 0. The van der Waals surface area contributed by atoms with Crippen LogP contribution in [0.1, 0.15) is 11.1 Å². The van der Waals surface area contributed by atoms with Gasteiger partial charge in [-0.1, -0.05) is 42.5 Å². The van der Waals surface area contributed by atoms with E-state index in [-0.39, 0.29) is 6.61 Å². The van der Waals surface area contributed by atoms with Gasteiger partial charge < -0.3 is 10.8 Å². The fourth-order valence-corrected chi connectivity index (χ4v) is 1.68. The number of benzene rings is 2. The van der Waals surface area contributed by atoms with E-state index >= 15 is 0 Å². The number of hydrogen-bond donors (Lipinski definition) is 2. The predicted octanol–water partition coefficient (Wildman–Crippen LogP) is 2.30. The van der Waals surface area contributed by atoms with Gasteiger partial charge in [-0.3, -0.25) is 0 Å². The van der Waals surface area contributed by atoms with E-state index in [1.165, 1.54) is 0 Å². The first kappa shape index (κ1) is 10.9. The van der Waals surface area contributed by atoms with Crippen molar-refractivity contribution in [1.82, 2.24) is 0 Å². The van der Waals surface area contributed by atoms with Crippen LogP contribution in [0.5, 0.6) is 0 Å². The predicted molar refractivity (Wildman–Crippen MR) is 65.7 cm³/mol. The lowest BCUT2D eigenvalue weighted by molar-refractivity contribution is 0.282. The van der Waals surface area contributed by atoms with Gasteiger partial charge in [-0.15, -0.1) is 0 Å². The molecular weight excluding hydrogens is 198 g/mol. The van der Waals surface area contributed by atoms with Crippen LogP contribution in [0.2, 0.25) is 0 Å². The average molecular weight is 213 g/mol. The highest BCUT2D eigenvalue weighted by atomic mass is 16.3. The molecular formula is C14H15NO. The fraction of sp³-hybridized carbons (Fsp3) is 0.143. The summed E-state index contributed by atoms with van der Waals surface area (Å²) in [5.41, 5.74) is 9.97. The minimum atomic E-state index is 0.0864. The SMILES string of the molecule is NCc1cccc(-c2ccc(CO)cc2)c1. The second-order valence-electron chi connectivity index (χ2n) is 3.76. The fourth-order valence-electron chi connectivity index (χ4n) is 1.68. The Labute approximate surface area is 95.4 Å². The lowest BCUT2D eigenvalue weighted by Crippen LogP contribution is -1.95. The highest BCUT2D eigenvalue weighted by molar-refractivity contribution is 5.64. The summed E-state index contributed by atoms with van der Waals surface area (Å²) in [6.07, 6.45) is 0. The highest BCUT2D eigenvalue weighted by Gasteiger charge is 1.98. The first-order chi connectivity index (χ1) is 7.83. The number of hydrogen-bond acceptors (Lipinski definition) is 2. The Kier molecular flexibility index (Phi) is 3.34. The molecule has 3 N–H and O–H groups in total. The van der Waals surface area contributed by atoms with Gasteiger partial charge >= 0.3 is 0 Å². The highest BCUT2D eigenvalue weighted by Crippen LogP contribution is 2.20. The molecule has 0 radical (unpaired) electrons. The van der Waals surface area contributed by atoms with Gasteiger partial charge in [0.25, 0.3) is 0 Å². The molecule has 82 valence electrons. The molecule has 0 saturated carbocycles. The van der Waals surface area contributed by atoms with Crippen LogP contribution in [0.4, 0.5) is 0 Å². The van der Waals surface area contributed by atoms with Crippen LogP contribution < -0.4 is 5.73 Å². The van der Waals surface area contributed by atoms with Crippen LogP contribution >= 0.6 is 0 Å². The van der Waals surface area contributed by atoms with Crippen molar-refractivity contribution < 1.29 is 5.11 Å². The Morgan fingerprint density at radius 3 is 2.25 bits per heavy atom. The van der Waals surface area contributed by atoms with Gasteiger partial charge in [-0.05, 0) is 28.3 Å². The van der Waals surface area contributed by atoms with E-state index < -0.39 is 0 Å². The van der Waals surface area contributed by atoms with Crippen LogP contribution in [-0.2, 0) is 13.2 Å². The Hall–Kier alpha value is -1.64. The molecule has 0 fully saturated rings. The first-order valence-electron chi connectivity index (χ1n) is 5.32. The van der Waals surface area contributed by atoms with Crippen molar-refractivity contribution in [3.05, 3.63) is 59.7 Å². The van der Waals surface area contributed by atoms with Crippen LogP contribution in [0, 0.1) is 0 Å². The van der Waals surface area contributed by atoms with Gasteiger partial charge in [0.15, 0.2) is 0 Å².